The average molecular weight is 365 g/mol. The summed E-state index contributed by atoms with van der Waals surface area (Å²) in [5, 5.41) is 0. The van der Waals surface area contributed by atoms with Gasteiger partial charge in [-0.05, 0) is 13.3 Å². The summed E-state index contributed by atoms with van der Waals surface area (Å²) in [5.41, 5.74) is 0.961. The van der Waals surface area contributed by atoms with Crippen LogP contribution in [0.3, 0.4) is 0 Å². The van der Waals surface area contributed by atoms with Gasteiger partial charge in [0.05, 0.1) is 19.4 Å². The highest BCUT2D eigenvalue weighted by molar-refractivity contribution is 5.77. The van der Waals surface area contributed by atoms with Crippen LogP contribution in [0.4, 0.5) is 0 Å². The minimum atomic E-state index is -0.414. The van der Waals surface area contributed by atoms with E-state index in [0.717, 1.165) is 18.4 Å². The topological polar surface area (TPSA) is 52.6 Å². The van der Waals surface area contributed by atoms with Crippen LogP contribution in [0.1, 0.15) is 90.9 Å². The monoisotopic (exact) mass is 364 g/mol. The summed E-state index contributed by atoms with van der Waals surface area (Å²) in [5.74, 6) is 5.08. The molecule has 0 unspecified atom stereocenters. The van der Waals surface area contributed by atoms with E-state index in [9.17, 15) is 9.59 Å². The van der Waals surface area contributed by atoms with Gasteiger partial charge in [-0.25, -0.2) is 0 Å². The number of hydrogen-bond donors (Lipinski definition) is 0. The van der Waals surface area contributed by atoms with Gasteiger partial charge < -0.3 is 9.47 Å². The van der Waals surface area contributed by atoms with Crippen LogP contribution < -0.4 is 0 Å². The second-order valence-electron chi connectivity index (χ2n) is 6.67. The van der Waals surface area contributed by atoms with Crippen molar-refractivity contribution in [3.8, 4) is 11.8 Å². The first-order chi connectivity index (χ1) is 12.6. The second kappa shape index (κ2) is 18.0. The molecule has 0 aromatic carbocycles. The van der Waals surface area contributed by atoms with E-state index in [2.05, 4.69) is 25.3 Å². The Kier molecular flexibility index (Phi) is 16.8. The summed E-state index contributed by atoms with van der Waals surface area (Å²) in [7, 11) is 0. The first kappa shape index (κ1) is 24.2. The zero-order valence-electron chi connectivity index (χ0n) is 16.7. The number of rotatable bonds is 15. The molecule has 0 heterocycles. The van der Waals surface area contributed by atoms with Crippen molar-refractivity contribution in [2.24, 2.45) is 0 Å². The van der Waals surface area contributed by atoms with E-state index < -0.39 is 5.97 Å². The van der Waals surface area contributed by atoms with Gasteiger partial charge in [-0.3, -0.25) is 9.59 Å². The van der Waals surface area contributed by atoms with Crippen LogP contribution in [0, 0.1) is 11.8 Å². The molecular formula is C22H36O4. The predicted octanol–water partition coefficient (Wildman–Crippen LogP) is 5.35. The summed E-state index contributed by atoms with van der Waals surface area (Å²) in [6.07, 6.45) is 11.8. The quantitative estimate of drug-likeness (QED) is 0.170. The summed E-state index contributed by atoms with van der Waals surface area (Å²) in [6.45, 7) is 8.25. The molecular weight excluding hydrogens is 328 g/mol. The fraction of sp³-hybridized carbons (Fsp3) is 0.727. The summed E-state index contributed by atoms with van der Waals surface area (Å²) in [4.78, 5) is 22.9. The smallest absolute Gasteiger partial charge is 0.307 e. The molecule has 0 aliphatic rings. The van der Waals surface area contributed by atoms with Crippen LogP contribution in [0.2, 0.25) is 0 Å². The number of hydrogen-bond acceptors (Lipinski definition) is 4. The van der Waals surface area contributed by atoms with Gasteiger partial charge in [0.25, 0.3) is 0 Å². The van der Waals surface area contributed by atoms with Gasteiger partial charge in [0, 0.05) is 12.8 Å². The van der Waals surface area contributed by atoms with Gasteiger partial charge in [0.15, 0.2) is 6.61 Å². The fourth-order valence-corrected chi connectivity index (χ4v) is 2.29. The zero-order valence-corrected chi connectivity index (χ0v) is 16.7. The van der Waals surface area contributed by atoms with E-state index in [1.54, 1.807) is 0 Å². The van der Waals surface area contributed by atoms with E-state index in [1.807, 2.05) is 6.92 Å². The SMILES string of the molecule is C=C(C)CCOC(=O)CCC(=O)OCC#CCCCCCCCCCC. The highest BCUT2D eigenvalue weighted by Crippen LogP contribution is 2.09. The molecule has 0 rings (SSSR count). The third kappa shape index (κ3) is 18.6. The lowest BCUT2D eigenvalue weighted by molar-refractivity contribution is -0.149. The van der Waals surface area contributed by atoms with Gasteiger partial charge in [0.1, 0.15) is 0 Å². The Morgan fingerprint density at radius 1 is 0.808 bits per heavy atom. The molecule has 0 aromatic heterocycles. The van der Waals surface area contributed by atoms with Crippen molar-refractivity contribution >= 4 is 11.9 Å². The molecule has 0 amide bonds. The Morgan fingerprint density at radius 2 is 1.38 bits per heavy atom. The van der Waals surface area contributed by atoms with Crippen LogP contribution in [0.5, 0.6) is 0 Å². The minimum Gasteiger partial charge on any atom is -0.465 e. The molecule has 148 valence electrons. The second-order valence-corrected chi connectivity index (χ2v) is 6.67. The number of carbonyl (C=O) groups excluding carboxylic acids is 2. The normalized spacial score (nSPS) is 9.92. The van der Waals surface area contributed by atoms with Gasteiger partial charge >= 0.3 is 11.9 Å². The molecule has 0 aliphatic heterocycles. The maximum absolute atomic E-state index is 11.5. The maximum Gasteiger partial charge on any atom is 0.307 e. The lowest BCUT2D eigenvalue weighted by atomic mass is 10.1. The molecule has 4 nitrogen and oxygen atoms in total. The Labute approximate surface area is 159 Å². The third-order valence-electron chi connectivity index (χ3n) is 3.91. The van der Waals surface area contributed by atoms with Crippen LogP contribution in [-0.2, 0) is 19.1 Å². The number of ether oxygens (including phenoxy) is 2. The predicted molar refractivity (Wildman–Crippen MR) is 106 cm³/mol. The van der Waals surface area contributed by atoms with Gasteiger partial charge in [-0.1, -0.05) is 69.3 Å². The largest absolute Gasteiger partial charge is 0.465 e. The minimum absolute atomic E-state index is 0.0333. The molecule has 0 N–H and O–H groups in total. The highest BCUT2D eigenvalue weighted by Gasteiger charge is 2.08. The highest BCUT2D eigenvalue weighted by atomic mass is 16.5. The van der Waals surface area contributed by atoms with E-state index in [1.165, 1.54) is 44.9 Å². The average Bonchev–Trinajstić information content (AvgIpc) is 2.60. The molecule has 0 saturated carbocycles. The molecule has 0 aromatic rings. The van der Waals surface area contributed by atoms with E-state index in [4.69, 9.17) is 9.47 Å². The molecule has 0 radical (unpaired) electrons. The molecule has 0 atom stereocenters. The Balaban J connectivity index is 3.46. The number of carbonyl (C=O) groups is 2. The number of esters is 2. The van der Waals surface area contributed by atoms with Crippen molar-refractivity contribution in [3.63, 3.8) is 0 Å². The molecule has 0 saturated heterocycles. The van der Waals surface area contributed by atoms with E-state index >= 15 is 0 Å². The first-order valence-corrected chi connectivity index (χ1v) is 9.97. The van der Waals surface area contributed by atoms with Crippen molar-refractivity contribution in [1.82, 2.24) is 0 Å². The summed E-state index contributed by atoms with van der Waals surface area (Å²) < 4.78 is 9.97. The zero-order chi connectivity index (χ0) is 19.5. The lowest BCUT2D eigenvalue weighted by Gasteiger charge is -2.04. The molecule has 0 fully saturated rings. The Morgan fingerprint density at radius 3 is 2.00 bits per heavy atom. The molecule has 0 bridgehead atoms. The van der Waals surface area contributed by atoms with Crippen LogP contribution >= 0.6 is 0 Å². The maximum atomic E-state index is 11.5. The van der Waals surface area contributed by atoms with Crippen molar-refractivity contribution in [2.45, 2.75) is 90.9 Å². The van der Waals surface area contributed by atoms with Crippen molar-refractivity contribution in [1.29, 1.82) is 0 Å². The van der Waals surface area contributed by atoms with Crippen LogP contribution in [0.25, 0.3) is 0 Å². The van der Waals surface area contributed by atoms with Gasteiger partial charge in [-0.15, -0.1) is 6.58 Å². The van der Waals surface area contributed by atoms with Crippen molar-refractivity contribution < 1.29 is 19.1 Å². The van der Waals surface area contributed by atoms with Crippen molar-refractivity contribution in [3.05, 3.63) is 12.2 Å². The fourth-order valence-electron chi connectivity index (χ4n) is 2.29. The Hall–Kier alpha value is -1.76. The number of unbranched alkanes of at least 4 members (excludes halogenated alkanes) is 8. The Bertz CT molecular complexity index is 456. The van der Waals surface area contributed by atoms with Crippen molar-refractivity contribution in [2.75, 3.05) is 13.2 Å². The molecule has 4 heteroatoms. The van der Waals surface area contributed by atoms with Crippen LogP contribution in [-0.4, -0.2) is 25.2 Å². The standard InChI is InChI=1S/C22H36O4/c1-4-5-6-7-8-9-10-11-12-13-14-18-25-21(23)15-16-22(24)26-19-17-20(2)3/h2,4-12,15-19H2,1,3H3. The summed E-state index contributed by atoms with van der Waals surface area (Å²) in [6, 6.07) is 0. The van der Waals surface area contributed by atoms with Gasteiger partial charge in [0.2, 0.25) is 0 Å². The van der Waals surface area contributed by atoms with E-state index in [0.29, 0.717) is 13.0 Å². The molecule has 26 heavy (non-hydrogen) atoms. The third-order valence-corrected chi connectivity index (χ3v) is 3.91. The molecule has 0 spiro atoms. The van der Waals surface area contributed by atoms with Crippen LogP contribution in [0.15, 0.2) is 12.2 Å². The first-order valence-electron chi connectivity index (χ1n) is 9.97. The lowest BCUT2D eigenvalue weighted by Crippen LogP contribution is -2.11. The molecule has 0 aliphatic carbocycles. The summed E-state index contributed by atoms with van der Waals surface area (Å²) >= 11 is 0. The van der Waals surface area contributed by atoms with E-state index in [-0.39, 0.29) is 25.4 Å². The van der Waals surface area contributed by atoms with Gasteiger partial charge in [-0.2, -0.15) is 0 Å².